The van der Waals surface area contributed by atoms with Crippen molar-refractivity contribution in [1.82, 2.24) is 10.2 Å². The lowest BCUT2D eigenvalue weighted by molar-refractivity contribution is 0.113. The molecule has 1 N–H and O–H groups in total. The van der Waals surface area contributed by atoms with Crippen molar-refractivity contribution in [3.8, 4) is 0 Å². The average molecular weight is 236 g/mol. The summed E-state index contributed by atoms with van der Waals surface area (Å²) < 4.78 is 13.7. The van der Waals surface area contributed by atoms with E-state index in [1.165, 1.54) is 0 Å². The highest BCUT2D eigenvalue weighted by molar-refractivity contribution is 5.21. The van der Waals surface area contributed by atoms with E-state index < -0.39 is 0 Å². The van der Waals surface area contributed by atoms with Gasteiger partial charge in [-0.05, 0) is 51.5 Å². The molecular formula is C14H21FN2. The fraction of sp³-hybridized carbons (Fsp3) is 0.571. The number of hydrogen-bond acceptors (Lipinski definition) is 2. The average Bonchev–Trinajstić information content (AvgIpc) is 2.33. The molecule has 0 saturated carbocycles. The van der Waals surface area contributed by atoms with Crippen LogP contribution in [0.4, 0.5) is 4.39 Å². The van der Waals surface area contributed by atoms with E-state index in [0.29, 0.717) is 0 Å². The van der Waals surface area contributed by atoms with Gasteiger partial charge in [0, 0.05) is 12.1 Å². The van der Waals surface area contributed by atoms with E-state index in [1.54, 1.807) is 12.1 Å². The normalized spacial score (nSPS) is 25.2. The van der Waals surface area contributed by atoms with Crippen LogP contribution in [0.25, 0.3) is 0 Å². The van der Waals surface area contributed by atoms with E-state index in [4.69, 9.17) is 0 Å². The summed E-state index contributed by atoms with van der Waals surface area (Å²) in [6.07, 6.45) is 3.06. The first-order chi connectivity index (χ1) is 8.14. The molecule has 1 saturated heterocycles. The van der Waals surface area contributed by atoms with Crippen LogP contribution < -0.4 is 5.32 Å². The third kappa shape index (κ3) is 2.67. The van der Waals surface area contributed by atoms with Crippen LogP contribution in [-0.4, -0.2) is 37.6 Å². The van der Waals surface area contributed by atoms with Crippen LogP contribution in [0.15, 0.2) is 24.3 Å². The van der Waals surface area contributed by atoms with E-state index in [1.807, 2.05) is 12.1 Å². The number of nitrogens with zero attached hydrogens (tertiary/aromatic N) is 1. The van der Waals surface area contributed by atoms with Crippen LogP contribution in [0.3, 0.4) is 0 Å². The zero-order valence-electron chi connectivity index (χ0n) is 10.7. The van der Waals surface area contributed by atoms with Gasteiger partial charge in [-0.2, -0.15) is 0 Å². The first kappa shape index (κ1) is 12.5. The summed E-state index contributed by atoms with van der Waals surface area (Å²) in [7, 11) is 4.18. The molecule has 1 fully saturated rings. The zero-order valence-corrected chi connectivity index (χ0v) is 10.7. The van der Waals surface area contributed by atoms with Gasteiger partial charge in [0.05, 0.1) is 0 Å². The number of piperidine rings is 1. The Kier molecular flexibility index (Phi) is 3.79. The third-order valence-corrected chi connectivity index (χ3v) is 3.88. The fourth-order valence-electron chi connectivity index (χ4n) is 2.64. The molecule has 2 nitrogen and oxygen atoms in total. The molecule has 0 radical (unpaired) electrons. The van der Waals surface area contributed by atoms with Crippen molar-refractivity contribution in [2.45, 2.75) is 24.8 Å². The molecule has 0 amide bonds. The minimum Gasteiger partial charge on any atom is -0.315 e. The lowest BCUT2D eigenvalue weighted by Gasteiger charge is -2.43. The zero-order chi connectivity index (χ0) is 12.3. The van der Waals surface area contributed by atoms with Crippen molar-refractivity contribution in [1.29, 1.82) is 0 Å². The fourth-order valence-corrected chi connectivity index (χ4v) is 2.64. The molecule has 1 heterocycles. The highest BCUT2D eigenvalue weighted by atomic mass is 19.1. The summed E-state index contributed by atoms with van der Waals surface area (Å²) in [6, 6.07) is 7.11. The van der Waals surface area contributed by atoms with Crippen LogP contribution in [0.2, 0.25) is 0 Å². The van der Waals surface area contributed by atoms with Crippen LogP contribution >= 0.6 is 0 Å². The van der Waals surface area contributed by atoms with Gasteiger partial charge in [-0.15, -0.1) is 0 Å². The Labute approximate surface area is 103 Å². The molecule has 1 aromatic carbocycles. The maximum Gasteiger partial charge on any atom is 0.126 e. The van der Waals surface area contributed by atoms with Gasteiger partial charge >= 0.3 is 0 Å². The first-order valence-electron chi connectivity index (χ1n) is 6.26. The van der Waals surface area contributed by atoms with Gasteiger partial charge in [0.1, 0.15) is 5.82 Å². The Morgan fingerprint density at radius 2 is 2.12 bits per heavy atom. The summed E-state index contributed by atoms with van der Waals surface area (Å²) in [6.45, 7) is 2.02. The Hall–Kier alpha value is -0.930. The summed E-state index contributed by atoms with van der Waals surface area (Å²) in [5, 5.41) is 3.43. The largest absolute Gasteiger partial charge is 0.315 e. The van der Waals surface area contributed by atoms with Crippen molar-refractivity contribution in [3.05, 3.63) is 35.6 Å². The van der Waals surface area contributed by atoms with E-state index in [-0.39, 0.29) is 11.4 Å². The van der Waals surface area contributed by atoms with Crippen molar-refractivity contribution < 1.29 is 4.39 Å². The number of hydrogen-bond donors (Lipinski definition) is 1. The molecule has 0 aromatic heterocycles. The Morgan fingerprint density at radius 3 is 2.71 bits per heavy atom. The standard InChI is InChI=1S/C14H21FN2/c1-17(2)14(8-5-9-16-11-14)10-12-6-3-4-7-13(12)15/h3-4,6-7,16H,5,8-11H2,1-2H3. The van der Waals surface area contributed by atoms with Crippen LogP contribution in [0.5, 0.6) is 0 Å². The van der Waals surface area contributed by atoms with Gasteiger partial charge in [0.15, 0.2) is 0 Å². The maximum absolute atomic E-state index is 13.7. The lowest BCUT2D eigenvalue weighted by Crippen LogP contribution is -2.56. The minimum absolute atomic E-state index is 0.0560. The smallest absolute Gasteiger partial charge is 0.126 e. The molecule has 2 rings (SSSR count). The van der Waals surface area contributed by atoms with E-state index in [2.05, 4.69) is 24.3 Å². The number of rotatable bonds is 3. The number of likely N-dealkylation sites (N-methyl/N-ethyl adjacent to an activating group) is 1. The van der Waals surface area contributed by atoms with Crippen molar-refractivity contribution in [2.24, 2.45) is 0 Å². The number of halogens is 1. The quantitative estimate of drug-likeness (QED) is 0.864. The number of nitrogens with one attached hydrogen (secondary N) is 1. The van der Waals surface area contributed by atoms with E-state index >= 15 is 0 Å². The second-order valence-electron chi connectivity index (χ2n) is 5.17. The molecule has 17 heavy (non-hydrogen) atoms. The highest BCUT2D eigenvalue weighted by Gasteiger charge is 2.34. The topological polar surface area (TPSA) is 15.3 Å². The molecule has 1 aromatic rings. The lowest BCUT2D eigenvalue weighted by atomic mass is 9.83. The SMILES string of the molecule is CN(C)C1(Cc2ccccc2F)CCCNC1. The van der Waals surface area contributed by atoms with E-state index in [9.17, 15) is 4.39 Å². The molecule has 3 heteroatoms. The Balaban J connectivity index is 2.21. The second kappa shape index (κ2) is 5.15. The minimum atomic E-state index is -0.0840. The van der Waals surface area contributed by atoms with Crippen LogP contribution in [0, 0.1) is 5.82 Å². The molecular weight excluding hydrogens is 215 g/mol. The molecule has 94 valence electrons. The third-order valence-electron chi connectivity index (χ3n) is 3.88. The van der Waals surface area contributed by atoms with Gasteiger partial charge in [-0.1, -0.05) is 18.2 Å². The summed E-state index contributed by atoms with van der Waals surface area (Å²) in [4.78, 5) is 2.24. The monoisotopic (exact) mass is 236 g/mol. The van der Waals surface area contributed by atoms with Crippen LogP contribution in [-0.2, 0) is 6.42 Å². The summed E-state index contributed by atoms with van der Waals surface area (Å²) >= 11 is 0. The molecule has 1 unspecified atom stereocenters. The maximum atomic E-state index is 13.7. The highest BCUT2D eigenvalue weighted by Crippen LogP contribution is 2.27. The summed E-state index contributed by atoms with van der Waals surface area (Å²) in [5.74, 6) is -0.0840. The molecule has 0 aliphatic carbocycles. The number of benzene rings is 1. The molecule has 0 bridgehead atoms. The van der Waals surface area contributed by atoms with Crippen molar-refractivity contribution in [3.63, 3.8) is 0 Å². The summed E-state index contributed by atoms with van der Waals surface area (Å²) in [5.41, 5.74) is 0.880. The molecule has 1 atom stereocenters. The van der Waals surface area contributed by atoms with Gasteiger partial charge in [0.2, 0.25) is 0 Å². The predicted octanol–water partition coefficient (Wildman–Crippen LogP) is 2.05. The van der Waals surface area contributed by atoms with E-state index in [0.717, 1.165) is 37.9 Å². The van der Waals surface area contributed by atoms with Crippen molar-refractivity contribution >= 4 is 0 Å². The first-order valence-corrected chi connectivity index (χ1v) is 6.26. The van der Waals surface area contributed by atoms with Gasteiger partial charge in [0.25, 0.3) is 0 Å². The van der Waals surface area contributed by atoms with Crippen LogP contribution in [0.1, 0.15) is 18.4 Å². The molecule has 1 aliphatic rings. The Morgan fingerprint density at radius 1 is 1.35 bits per heavy atom. The van der Waals surface area contributed by atoms with Gasteiger partial charge in [-0.3, -0.25) is 0 Å². The van der Waals surface area contributed by atoms with Gasteiger partial charge < -0.3 is 10.2 Å². The Bertz CT molecular complexity index is 370. The van der Waals surface area contributed by atoms with Gasteiger partial charge in [-0.25, -0.2) is 4.39 Å². The molecule has 0 spiro atoms. The van der Waals surface area contributed by atoms with Crippen molar-refractivity contribution in [2.75, 3.05) is 27.2 Å². The second-order valence-corrected chi connectivity index (χ2v) is 5.17. The predicted molar refractivity (Wildman–Crippen MR) is 68.6 cm³/mol. The molecule has 1 aliphatic heterocycles.